The fraction of sp³-hybridized carbons (Fsp3) is 0.562. The summed E-state index contributed by atoms with van der Waals surface area (Å²) in [6, 6.07) is 7.91. The fourth-order valence-electron chi connectivity index (χ4n) is 1.99. The number of nitrogens with two attached hydrogens (primary N) is 1. The van der Waals surface area contributed by atoms with Gasteiger partial charge in [-0.15, -0.1) is 12.4 Å². The van der Waals surface area contributed by atoms with E-state index in [9.17, 15) is 4.79 Å². The Balaban J connectivity index is 0.00000400. The Labute approximate surface area is 133 Å². The van der Waals surface area contributed by atoms with Crippen molar-refractivity contribution in [2.45, 2.75) is 38.6 Å². The molecule has 1 rings (SSSR count). The Morgan fingerprint density at radius 3 is 2.38 bits per heavy atom. The first-order valence-electron chi connectivity index (χ1n) is 7.02. The highest BCUT2D eigenvalue weighted by Gasteiger charge is 2.22. The number of aryl methyl sites for hydroxylation is 1. The monoisotopic (exact) mass is 314 g/mol. The molecule has 120 valence electrons. The zero-order valence-corrected chi connectivity index (χ0v) is 14.1. The van der Waals surface area contributed by atoms with Crippen LogP contribution in [-0.2, 0) is 21.4 Å². The number of carbonyl (C=O) groups is 1. The van der Waals surface area contributed by atoms with Crippen molar-refractivity contribution >= 4 is 18.3 Å². The summed E-state index contributed by atoms with van der Waals surface area (Å²) in [6.07, 6.45) is 1.03. The van der Waals surface area contributed by atoms with Crippen molar-refractivity contribution in [1.29, 1.82) is 0 Å². The third-order valence-electron chi connectivity index (χ3n) is 3.53. The Morgan fingerprint density at radius 2 is 1.90 bits per heavy atom. The molecule has 0 saturated heterocycles. The maximum atomic E-state index is 11.8. The van der Waals surface area contributed by atoms with E-state index in [1.54, 1.807) is 0 Å². The van der Waals surface area contributed by atoms with Crippen molar-refractivity contribution in [3.05, 3.63) is 35.4 Å². The predicted molar refractivity (Wildman–Crippen MR) is 89.0 cm³/mol. The molecular weight excluding hydrogens is 288 g/mol. The minimum Gasteiger partial charge on any atom is -0.383 e. The van der Waals surface area contributed by atoms with Crippen LogP contribution < -0.4 is 11.1 Å². The molecule has 1 amide bonds. The first-order valence-corrected chi connectivity index (χ1v) is 7.02. The van der Waals surface area contributed by atoms with Crippen LogP contribution in [0, 0.1) is 0 Å². The van der Waals surface area contributed by atoms with Gasteiger partial charge in [-0.2, -0.15) is 0 Å². The number of methoxy groups -OCH3 is 1. The molecule has 0 aromatic heterocycles. The van der Waals surface area contributed by atoms with Gasteiger partial charge in [-0.25, -0.2) is 0 Å². The molecule has 4 nitrogen and oxygen atoms in total. The number of hydrogen-bond acceptors (Lipinski definition) is 3. The molecule has 1 aromatic carbocycles. The average molecular weight is 315 g/mol. The van der Waals surface area contributed by atoms with Crippen molar-refractivity contribution in [2.24, 2.45) is 5.73 Å². The molecule has 0 aliphatic heterocycles. The molecule has 0 heterocycles. The Kier molecular flexibility index (Phi) is 8.55. The second kappa shape index (κ2) is 9.03. The molecular formula is C16H27ClN2O2. The lowest BCUT2D eigenvalue weighted by Crippen LogP contribution is -2.47. The zero-order chi connectivity index (χ0) is 15.2. The predicted octanol–water partition coefficient (Wildman–Crippen LogP) is 2.04. The van der Waals surface area contributed by atoms with E-state index in [0.29, 0.717) is 6.54 Å². The first kappa shape index (κ1) is 19.9. The summed E-state index contributed by atoms with van der Waals surface area (Å²) in [6.45, 7) is 7.13. The molecule has 0 bridgehead atoms. The van der Waals surface area contributed by atoms with E-state index in [2.05, 4.69) is 50.4 Å². The minimum atomic E-state index is -0.613. The van der Waals surface area contributed by atoms with Gasteiger partial charge >= 0.3 is 0 Å². The van der Waals surface area contributed by atoms with E-state index >= 15 is 0 Å². The van der Waals surface area contributed by atoms with Crippen LogP contribution in [0.2, 0.25) is 0 Å². The molecule has 1 aromatic rings. The topological polar surface area (TPSA) is 64.4 Å². The molecule has 0 radical (unpaired) electrons. The van der Waals surface area contributed by atoms with Crippen LogP contribution >= 0.6 is 12.4 Å². The summed E-state index contributed by atoms with van der Waals surface area (Å²) in [4.78, 5) is 11.8. The van der Waals surface area contributed by atoms with Crippen molar-refractivity contribution < 1.29 is 9.53 Å². The third-order valence-corrected chi connectivity index (χ3v) is 3.53. The van der Waals surface area contributed by atoms with Gasteiger partial charge < -0.3 is 15.8 Å². The average Bonchev–Trinajstić information content (AvgIpc) is 2.45. The van der Waals surface area contributed by atoms with Crippen molar-refractivity contribution in [2.75, 3.05) is 20.3 Å². The van der Waals surface area contributed by atoms with Crippen LogP contribution in [-0.4, -0.2) is 32.2 Å². The molecule has 0 fully saturated rings. The molecule has 0 aliphatic rings. The molecule has 1 atom stereocenters. The normalized spacial score (nSPS) is 12.4. The highest BCUT2D eigenvalue weighted by molar-refractivity contribution is 5.85. The molecule has 0 aliphatic carbocycles. The molecule has 3 N–H and O–H groups in total. The van der Waals surface area contributed by atoms with Gasteiger partial charge in [0.1, 0.15) is 6.04 Å². The van der Waals surface area contributed by atoms with Crippen LogP contribution in [0.5, 0.6) is 0 Å². The number of rotatable bonds is 7. The van der Waals surface area contributed by atoms with Gasteiger partial charge in [0.05, 0.1) is 6.61 Å². The van der Waals surface area contributed by atoms with Crippen molar-refractivity contribution in [3.63, 3.8) is 0 Å². The standard InChI is InChI=1S/C16H26N2O2.ClH/c1-5-12-6-8-13(9-7-12)16(2,3)11-18-15(19)14(17)10-20-4;/h6-9,14H,5,10-11,17H2,1-4H3,(H,18,19);1H. The number of carbonyl (C=O) groups excluding carboxylic acids is 1. The van der Waals surface area contributed by atoms with Crippen molar-refractivity contribution in [3.8, 4) is 0 Å². The van der Waals surface area contributed by atoms with Crippen LogP contribution in [0.3, 0.4) is 0 Å². The first-order chi connectivity index (χ1) is 9.40. The number of halogens is 1. The number of amides is 1. The van der Waals surface area contributed by atoms with Crippen LogP contribution in [0.4, 0.5) is 0 Å². The molecule has 21 heavy (non-hydrogen) atoms. The highest BCUT2D eigenvalue weighted by Crippen LogP contribution is 2.22. The van der Waals surface area contributed by atoms with Gasteiger partial charge in [0.2, 0.25) is 5.91 Å². The van der Waals surface area contributed by atoms with E-state index in [4.69, 9.17) is 10.5 Å². The summed E-state index contributed by atoms with van der Waals surface area (Å²) in [5.74, 6) is -0.176. The molecule has 1 unspecified atom stereocenters. The molecule has 5 heteroatoms. The third kappa shape index (κ3) is 6.04. The van der Waals surface area contributed by atoms with Gasteiger partial charge in [-0.3, -0.25) is 4.79 Å². The minimum absolute atomic E-state index is 0. The molecule has 0 saturated carbocycles. The largest absolute Gasteiger partial charge is 0.383 e. The fourth-order valence-corrected chi connectivity index (χ4v) is 1.99. The van der Waals surface area contributed by atoms with E-state index in [1.165, 1.54) is 18.2 Å². The number of benzene rings is 1. The Bertz CT molecular complexity index is 432. The summed E-state index contributed by atoms with van der Waals surface area (Å²) < 4.78 is 4.88. The highest BCUT2D eigenvalue weighted by atomic mass is 35.5. The van der Waals surface area contributed by atoms with Gasteiger partial charge in [-0.1, -0.05) is 45.0 Å². The van der Waals surface area contributed by atoms with E-state index in [0.717, 1.165) is 6.42 Å². The van der Waals surface area contributed by atoms with Crippen LogP contribution in [0.1, 0.15) is 31.9 Å². The second-order valence-corrected chi connectivity index (χ2v) is 5.71. The Hall–Kier alpha value is -1.10. The maximum Gasteiger partial charge on any atom is 0.239 e. The Morgan fingerprint density at radius 1 is 1.33 bits per heavy atom. The lowest BCUT2D eigenvalue weighted by molar-refractivity contribution is -0.123. The maximum absolute atomic E-state index is 11.8. The summed E-state index contributed by atoms with van der Waals surface area (Å²) in [5, 5.41) is 2.89. The van der Waals surface area contributed by atoms with Crippen LogP contribution in [0.15, 0.2) is 24.3 Å². The van der Waals surface area contributed by atoms with E-state index in [-0.39, 0.29) is 30.3 Å². The number of nitrogens with one attached hydrogen (secondary N) is 1. The lowest BCUT2D eigenvalue weighted by Gasteiger charge is -2.26. The van der Waals surface area contributed by atoms with Gasteiger partial charge in [-0.05, 0) is 17.5 Å². The smallest absolute Gasteiger partial charge is 0.239 e. The van der Waals surface area contributed by atoms with Crippen molar-refractivity contribution in [1.82, 2.24) is 5.32 Å². The number of ether oxygens (including phenoxy) is 1. The lowest BCUT2D eigenvalue weighted by atomic mass is 9.84. The van der Waals surface area contributed by atoms with Gasteiger partial charge in [0.25, 0.3) is 0 Å². The second-order valence-electron chi connectivity index (χ2n) is 5.71. The van der Waals surface area contributed by atoms with E-state index in [1.807, 2.05) is 0 Å². The van der Waals surface area contributed by atoms with Gasteiger partial charge in [0, 0.05) is 19.1 Å². The summed E-state index contributed by atoms with van der Waals surface area (Å²) in [7, 11) is 1.53. The van der Waals surface area contributed by atoms with Gasteiger partial charge in [0.15, 0.2) is 0 Å². The summed E-state index contributed by atoms with van der Waals surface area (Å²) >= 11 is 0. The van der Waals surface area contributed by atoms with E-state index < -0.39 is 6.04 Å². The zero-order valence-electron chi connectivity index (χ0n) is 13.3. The number of hydrogen-bond donors (Lipinski definition) is 2. The van der Waals surface area contributed by atoms with Crippen LogP contribution in [0.25, 0.3) is 0 Å². The quantitative estimate of drug-likeness (QED) is 0.809. The summed E-state index contributed by atoms with van der Waals surface area (Å²) in [5.41, 5.74) is 8.09. The SMILES string of the molecule is CCc1ccc(C(C)(C)CNC(=O)C(N)COC)cc1.Cl. The molecule has 0 spiro atoms.